The van der Waals surface area contributed by atoms with Gasteiger partial charge in [-0.05, 0) is 32.7 Å². The Labute approximate surface area is 107 Å². The van der Waals surface area contributed by atoms with Crippen LogP contribution in [0.25, 0.3) is 0 Å². The number of hydrogen-bond acceptors (Lipinski definition) is 4. The summed E-state index contributed by atoms with van der Waals surface area (Å²) in [4.78, 5) is 17.2. The Morgan fingerprint density at radius 3 is 3.06 bits per heavy atom. The fourth-order valence-electron chi connectivity index (χ4n) is 2.42. The molecule has 2 rings (SSSR count). The van der Waals surface area contributed by atoms with E-state index >= 15 is 0 Å². The highest BCUT2D eigenvalue weighted by molar-refractivity contribution is 5.69. The van der Waals surface area contributed by atoms with Crippen LogP contribution in [0.2, 0.25) is 0 Å². The monoisotopic (exact) mass is 252 g/mol. The molecule has 1 unspecified atom stereocenters. The van der Waals surface area contributed by atoms with Crippen molar-refractivity contribution in [3.8, 4) is 0 Å². The maximum atomic E-state index is 10.6. The molecule has 1 aromatic heterocycles. The highest BCUT2D eigenvalue weighted by Crippen LogP contribution is 2.22. The summed E-state index contributed by atoms with van der Waals surface area (Å²) in [5.41, 5.74) is 0.510. The lowest BCUT2D eigenvalue weighted by atomic mass is 10.1. The molecule has 1 aliphatic rings. The minimum absolute atomic E-state index is 0.0632. The third kappa shape index (κ3) is 3.32. The van der Waals surface area contributed by atoms with E-state index < -0.39 is 5.97 Å². The molecule has 1 atom stereocenters. The molecule has 1 aliphatic heterocycles. The zero-order valence-electron chi connectivity index (χ0n) is 10.9. The van der Waals surface area contributed by atoms with Crippen molar-refractivity contribution in [1.29, 1.82) is 0 Å². The van der Waals surface area contributed by atoms with Crippen LogP contribution in [0, 0.1) is 5.92 Å². The predicted molar refractivity (Wildman–Crippen MR) is 66.4 cm³/mol. The Bertz CT molecular complexity index is 414. The molecule has 0 amide bonds. The minimum atomic E-state index is -0.873. The molecule has 2 heterocycles. The van der Waals surface area contributed by atoms with Gasteiger partial charge in [-0.25, -0.2) is 4.98 Å². The Kier molecular flexibility index (Phi) is 4.01. The van der Waals surface area contributed by atoms with Crippen molar-refractivity contribution in [2.75, 3.05) is 13.1 Å². The molecule has 18 heavy (non-hydrogen) atoms. The Balaban J connectivity index is 1.87. The molecule has 5 nitrogen and oxygen atoms in total. The summed E-state index contributed by atoms with van der Waals surface area (Å²) < 4.78 is 5.33. The summed E-state index contributed by atoms with van der Waals surface area (Å²) in [5.74, 6) is 0.368. The van der Waals surface area contributed by atoms with Crippen LogP contribution in [0.1, 0.15) is 31.9 Å². The van der Waals surface area contributed by atoms with Gasteiger partial charge in [0.25, 0.3) is 0 Å². The number of hydrogen-bond donors (Lipinski definition) is 1. The average molecular weight is 252 g/mol. The number of carboxylic acid groups (broad SMARTS) is 1. The molecule has 1 aromatic rings. The Morgan fingerprint density at radius 2 is 2.44 bits per heavy atom. The number of carbonyl (C=O) groups is 1. The molecule has 0 radical (unpaired) electrons. The summed E-state index contributed by atoms with van der Waals surface area (Å²) >= 11 is 0. The maximum Gasteiger partial charge on any atom is 0.309 e. The number of aromatic nitrogens is 1. The topological polar surface area (TPSA) is 66.6 Å². The normalized spacial score (nSPS) is 20.7. The first kappa shape index (κ1) is 13.1. The summed E-state index contributed by atoms with van der Waals surface area (Å²) in [6.45, 7) is 6.62. The third-order valence-corrected chi connectivity index (χ3v) is 3.44. The van der Waals surface area contributed by atoms with Gasteiger partial charge in [0, 0.05) is 19.0 Å². The first-order chi connectivity index (χ1) is 8.54. The second-order valence-corrected chi connectivity index (χ2v) is 5.25. The van der Waals surface area contributed by atoms with E-state index in [2.05, 4.69) is 23.7 Å². The van der Waals surface area contributed by atoms with Gasteiger partial charge in [-0.15, -0.1) is 0 Å². The van der Waals surface area contributed by atoms with E-state index in [-0.39, 0.29) is 6.42 Å². The molecule has 0 aliphatic carbocycles. The summed E-state index contributed by atoms with van der Waals surface area (Å²) in [5, 5.41) is 8.67. The Hall–Kier alpha value is -1.36. The van der Waals surface area contributed by atoms with Crippen LogP contribution in [0.3, 0.4) is 0 Å². The van der Waals surface area contributed by atoms with Gasteiger partial charge in [-0.1, -0.05) is 0 Å². The standard InChI is InChI=1S/C13H20N2O3/c1-9(2)15-4-3-10(7-15)5-12-14-11(8-18-12)6-13(16)17/h8-10H,3-7H2,1-2H3,(H,16,17). The van der Waals surface area contributed by atoms with Crippen molar-refractivity contribution in [3.63, 3.8) is 0 Å². The lowest BCUT2D eigenvalue weighted by molar-refractivity contribution is -0.136. The zero-order chi connectivity index (χ0) is 13.1. The lowest BCUT2D eigenvalue weighted by Crippen LogP contribution is -2.28. The van der Waals surface area contributed by atoms with Gasteiger partial charge in [0.1, 0.15) is 6.26 Å². The van der Waals surface area contributed by atoms with Gasteiger partial charge in [0.15, 0.2) is 5.89 Å². The predicted octanol–water partition coefficient (Wildman–Crippen LogP) is 1.57. The molecule has 100 valence electrons. The van der Waals surface area contributed by atoms with E-state index in [0.717, 1.165) is 25.9 Å². The molecule has 1 saturated heterocycles. The number of rotatable bonds is 5. The summed E-state index contributed by atoms with van der Waals surface area (Å²) in [7, 11) is 0. The molecule has 1 fully saturated rings. The van der Waals surface area contributed by atoms with Crippen LogP contribution in [-0.2, 0) is 17.6 Å². The van der Waals surface area contributed by atoms with Crippen molar-refractivity contribution in [2.24, 2.45) is 5.92 Å². The quantitative estimate of drug-likeness (QED) is 0.861. The van der Waals surface area contributed by atoms with E-state index in [4.69, 9.17) is 9.52 Å². The minimum Gasteiger partial charge on any atom is -0.481 e. The number of carboxylic acids is 1. The lowest BCUT2D eigenvalue weighted by Gasteiger charge is -2.19. The van der Waals surface area contributed by atoms with Crippen LogP contribution in [0.5, 0.6) is 0 Å². The van der Waals surface area contributed by atoms with E-state index in [1.54, 1.807) is 0 Å². The second kappa shape index (κ2) is 5.52. The van der Waals surface area contributed by atoms with Crippen LogP contribution < -0.4 is 0 Å². The first-order valence-corrected chi connectivity index (χ1v) is 6.43. The van der Waals surface area contributed by atoms with Gasteiger partial charge in [-0.2, -0.15) is 0 Å². The van der Waals surface area contributed by atoms with Gasteiger partial charge in [-0.3, -0.25) is 4.79 Å². The van der Waals surface area contributed by atoms with Crippen LogP contribution in [-0.4, -0.2) is 40.1 Å². The fraction of sp³-hybridized carbons (Fsp3) is 0.692. The third-order valence-electron chi connectivity index (χ3n) is 3.44. The molecule has 0 bridgehead atoms. The number of nitrogens with zero attached hydrogens (tertiary/aromatic N) is 2. The van der Waals surface area contributed by atoms with E-state index in [1.807, 2.05) is 0 Å². The molecular weight excluding hydrogens is 232 g/mol. The first-order valence-electron chi connectivity index (χ1n) is 6.43. The number of oxazole rings is 1. The molecule has 5 heteroatoms. The SMILES string of the molecule is CC(C)N1CCC(Cc2nc(CC(=O)O)co2)C1. The van der Waals surface area contributed by atoms with Crippen molar-refractivity contribution in [3.05, 3.63) is 17.8 Å². The molecule has 1 N–H and O–H groups in total. The van der Waals surface area contributed by atoms with Crippen molar-refractivity contribution >= 4 is 5.97 Å². The molecule has 0 aromatic carbocycles. The van der Waals surface area contributed by atoms with Gasteiger partial charge in [0.05, 0.1) is 12.1 Å². The summed E-state index contributed by atoms with van der Waals surface area (Å²) in [6, 6.07) is 0.585. The highest BCUT2D eigenvalue weighted by Gasteiger charge is 2.25. The van der Waals surface area contributed by atoms with E-state index in [9.17, 15) is 4.79 Å². The average Bonchev–Trinajstić information content (AvgIpc) is 2.88. The van der Waals surface area contributed by atoms with Gasteiger partial charge in [0.2, 0.25) is 0 Å². The largest absolute Gasteiger partial charge is 0.481 e. The van der Waals surface area contributed by atoms with Crippen LogP contribution in [0.4, 0.5) is 0 Å². The maximum absolute atomic E-state index is 10.6. The van der Waals surface area contributed by atoms with E-state index in [0.29, 0.717) is 23.5 Å². The zero-order valence-corrected chi connectivity index (χ0v) is 10.9. The van der Waals surface area contributed by atoms with Crippen molar-refractivity contribution in [1.82, 2.24) is 9.88 Å². The molecular formula is C13H20N2O3. The summed E-state index contributed by atoms with van der Waals surface area (Å²) in [6.07, 6.45) is 3.36. The van der Waals surface area contributed by atoms with Crippen molar-refractivity contribution in [2.45, 2.75) is 39.2 Å². The second-order valence-electron chi connectivity index (χ2n) is 5.25. The smallest absolute Gasteiger partial charge is 0.309 e. The highest BCUT2D eigenvalue weighted by atomic mass is 16.4. The Morgan fingerprint density at radius 1 is 1.67 bits per heavy atom. The van der Waals surface area contributed by atoms with Gasteiger partial charge >= 0.3 is 5.97 Å². The van der Waals surface area contributed by atoms with Crippen molar-refractivity contribution < 1.29 is 14.3 Å². The fourth-order valence-corrected chi connectivity index (χ4v) is 2.42. The number of likely N-dealkylation sites (tertiary alicyclic amines) is 1. The number of aliphatic carboxylic acids is 1. The van der Waals surface area contributed by atoms with E-state index in [1.165, 1.54) is 6.26 Å². The molecule has 0 saturated carbocycles. The molecule has 0 spiro atoms. The van der Waals surface area contributed by atoms with Crippen LogP contribution >= 0.6 is 0 Å². The van der Waals surface area contributed by atoms with Gasteiger partial charge < -0.3 is 14.4 Å². The van der Waals surface area contributed by atoms with Crippen LogP contribution in [0.15, 0.2) is 10.7 Å².